The van der Waals surface area contributed by atoms with Gasteiger partial charge in [-0.2, -0.15) is 22.0 Å². The van der Waals surface area contributed by atoms with E-state index >= 15 is 0 Å². The first-order valence-electron chi connectivity index (χ1n) is 14.5. The zero-order valence-corrected chi connectivity index (χ0v) is 25.0. The predicted octanol–water partition coefficient (Wildman–Crippen LogP) is 7.76. The molecule has 43 heavy (non-hydrogen) atoms. The number of halogens is 6. The maximum atomic E-state index is 14.2. The van der Waals surface area contributed by atoms with Gasteiger partial charge in [-0.1, -0.05) is 18.6 Å². The number of unbranched alkanes of at least 4 members (excludes halogenated alkanes) is 2. The first kappa shape index (κ1) is 34.8. The quantitative estimate of drug-likeness (QED) is 0.155. The molecule has 0 saturated carbocycles. The molecule has 2 N–H and O–H groups in total. The van der Waals surface area contributed by atoms with Crippen LogP contribution in [-0.2, 0) is 16.3 Å². The van der Waals surface area contributed by atoms with Gasteiger partial charge in [0.25, 0.3) is 0 Å². The molecule has 0 aromatic heterocycles. The molecule has 3 rings (SSSR count). The molecule has 240 valence electrons. The van der Waals surface area contributed by atoms with Crippen LogP contribution in [-0.4, -0.2) is 67.3 Å². The smallest absolute Gasteiger partial charge is 0.453 e. The van der Waals surface area contributed by atoms with E-state index in [-0.39, 0.29) is 17.9 Å². The van der Waals surface area contributed by atoms with Crippen LogP contribution in [0.5, 0.6) is 11.5 Å². The summed E-state index contributed by atoms with van der Waals surface area (Å²) in [7, 11) is -1.90. The van der Waals surface area contributed by atoms with Crippen molar-refractivity contribution in [3.63, 3.8) is 0 Å². The van der Waals surface area contributed by atoms with Crippen molar-refractivity contribution >= 4 is 21.0 Å². The molecular weight excluding hydrogens is 596 g/mol. The van der Waals surface area contributed by atoms with Crippen LogP contribution in [0, 0.1) is 5.82 Å². The average Bonchev–Trinajstić information content (AvgIpc) is 3.08. The molecule has 12 heteroatoms. The second kappa shape index (κ2) is 14.8. The number of fused-ring (bicyclic) bond motifs is 1. The molecule has 0 heterocycles. The molecule has 0 radical (unpaired) electrons. The Kier molecular flexibility index (Phi) is 12.0. The lowest BCUT2D eigenvalue weighted by atomic mass is 9.89. The van der Waals surface area contributed by atoms with Gasteiger partial charge in [-0.3, -0.25) is 0 Å². The summed E-state index contributed by atoms with van der Waals surface area (Å²) in [6.45, 7) is 1.13. The summed E-state index contributed by atoms with van der Waals surface area (Å²) in [6.07, 6.45) is -2.15. The van der Waals surface area contributed by atoms with E-state index in [0.29, 0.717) is 13.1 Å². The van der Waals surface area contributed by atoms with Gasteiger partial charge in [0, 0.05) is 6.42 Å². The van der Waals surface area contributed by atoms with Crippen molar-refractivity contribution in [1.82, 2.24) is 4.90 Å². The summed E-state index contributed by atoms with van der Waals surface area (Å²) >= 11 is 0. The number of hydrogen-bond acceptors (Lipinski definition) is 5. The number of phenolic OH excluding ortho intramolecular Hbond substituents is 2. The van der Waals surface area contributed by atoms with Crippen LogP contribution in [0.3, 0.4) is 0 Å². The summed E-state index contributed by atoms with van der Waals surface area (Å²) in [6, 6.07) is 9.72. The number of phenols is 2. The highest BCUT2D eigenvalue weighted by molar-refractivity contribution is 7.91. The van der Waals surface area contributed by atoms with Gasteiger partial charge in [-0.05, 0) is 124 Å². The van der Waals surface area contributed by atoms with Crippen LogP contribution in [0.1, 0.15) is 74.5 Å². The number of rotatable bonds is 15. The summed E-state index contributed by atoms with van der Waals surface area (Å²) in [5, 5.41) is 19.7. The van der Waals surface area contributed by atoms with E-state index < -0.39 is 52.1 Å². The molecule has 1 aliphatic carbocycles. The van der Waals surface area contributed by atoms with Crippen LogP contribution in [0.25, 0.3) is 11.1 Å². The summed E-state index contributed by atoms with van der Waals surface area (Å²) in [4.78, 5) is 1.96. The molecule has 0 saturated heterocycles. The normalized spacial score (nSPS) is 14.7. The first-order chi connectivity index (χ1) is 20.1. The van der Waals surface area contributed by atoms with Gasteiger partial charge >= 0.3 is 12.1 Å². The van der Waals surface area contributed by atoms with Crippen LogP contribution in [0.15, 0.2) is 36.4 Å². The number of aromatic hydroxyl groups is 2. The molecule has 0 unspecified atom stereocenters. The van der Waals surface area contributed by atoms with Crippen LogP contribution in [0.4, 0.5) is 26.3 Å². The topological polar surface area (TPSA) is 77.8 Å². The molecule has 0 bridgehead atoms. The summed E-state index contributed by atoms with van der Waals surface area (Å²) in [5.74, 6) is -6.78. The Morgan fingerprint density at radius 1 is 0.860 bits per heavy atom. The molecule has 0 aliphatic heterocycles. The lowest BCUT2D eigenvalue weighted by Crippen LogP contribution is -2.36. The van der Waals surface area contributed by atoms with Crippen molar-refractivity contribution < 1.29 is 45.0 Å². The molecule has 0 amide bonds. The maximum absolute atomic E-state index is 14.2. The number of aryl methyl sites for hydroxylation is 1. The predicted molar refractivity (Wildman–Crippen MR) is 155 cm³/mol. The lowest BCUT2D eigenvalue weighted by Gasteiger charge is -2.19. The Hall–Kier alpha value is -2.73. The first-order valence-corrected chi connectivity index (χ1v) is 16.3. The largest absolute Gasteiger partial charge is 0.508 e. The molecule has 0 spiro atoms. The highest BCUT2D eigenvalue weighted by atomic mass is 32.2. The van der Waals surface area contributed by atoms with Crippen molar-refractivity contribution in [2.45, 2.75) is 76.3 Å². The zero-order chi connectivity index (χ0) is 31.8. The van der Waals surface area contributed by atoms with E-state index in [4.69, 9.17) is 0 Å². The van der Waals surface area contributed by atoms with E-state index in [1.807, 2.05) is 18.0 Å². The van der Waals surface area contributed by atoms with Gasteiger partial charge < -0.3 is 15.1 Å². The van der Waals surface area contributed by atoms with Gasteiger partial charge in [-0.15, -0.1) is 0 Å². The Labute approximate surface area is 249 Å². The van der Waals surface area contributed by atoms with E-state index in [1.54, 1.807) is 18.2 Å². The highest BCUT2D eigenvalue weighted by Crippen LogP contribution is 2.41. The second-order valence-corrected chi connectivity index (χ2v) is 13.5. The summed E-state index contributed by atoms with van der Waals surface area (Å²) in [5.41, 5.74) is 4.88. The minimum absolute atomic E-state index is 0.191. The van der Waals surface area contributed by atoms with E-state index in [2.05, 4.69) is 0 Å². The Balaban J connectivity index is 1.49. The van der Waals surface area contributed by atoms with Crippen molar-refractivity contribution in [3.05, 3.63) is 58.9 Å². The fourth-order valence-corrected chi connectivity index (χ4v) is 6.79. The SMILES string of the molecule is CN(CCCCCC1=C(c2ccc(O)c(F)c2)CCCc2cc(O)ccc21)CCCS(=O)(=O)CCCC(F)(F)C(F)(F)F. The summed E-state index contributed by atoms with van der Waals surface area (Å²) < 4.78 is 101. The van der Waals surface area contributed by atoms with Gasteiger partial charge in [0.1, 0.15) is 15.6 Å². The number of alkyl halides is 5. The van der Waals surface area contributed by atoms with Crippen molar-refractivity contribution in [1.29, 1.82) is 0 Å². The fourth-order valence-electron chi connectivity index (χ4n) is 5.43. The Morgan fingerprint density at radius 3 is 2.26 bits per heavy atom. The molecular formula is C31H39F6NO4S. The monoisotopic (exact) mass is 635 g/mol. The third-order valence-corrected chi connectivity index (χ3v) is 9.59. The van der Waals surface area contributed by atoms with E-state index in [9.17, 15) is 45.0 Å². The highest BCUT2D eigenvalue weighted by Gasteiger charge is 2.56. The third-order valence-electron chi connectivity index (χ3n) is 7.77. The Morgan fingerprint density at radius 2 is 1.56 bits per heavy atom. The van der Waals surface area contributed by atoms with Crippen molar-refractivity contribution in [3.8, 4) is 11.5 Å². The van der Waals surface area contributed by atoms with Crippen molar-refractivity contribution in [2.75, 3.05) is 31.6 Å². The molecule has 0 atom stereocenters. The fraction of sp³-hybridized carbons (Fsp3) is 0.548. The zero-order valence-electron chi connectivity index (χ0n) is 24.2. The van der Waals surface area contributed by atoms with Crippen molar-refractivity contribution in [2.24, 2.45) is 0 Å². The molecule has 1 aliphatic rings. The standard InChI is InChI=1S/C31H39F6NO4S/c1-38(17-7-19-43(41,42)18-6-15-30(33,34)31(35,36)37)16-4-2-3-9-27-25(23-11-14-29(40)28(32)21-23)10-5-8-22-20-24(39)12-13-26(22)27/h11-14,20-21,39-40H,2-10,15-19H2,1H3. The number of nitrogens with zero attached hydrogens (tertiary/aromatic N) is 1. The van der Waals surface area contributed by atoms with Crippen LogP contribution >= 0.6 is 0 Å². The van der Waals surface area contributed by atoms with E-state index in [1.165, 1.54) is 12.1 Å². The average molecular weight is 636 g/mol. The molecule has 2 aromatic rings. The van der Waals surface area contributed by atoms with Crippen LogP contribution < -0.4 is 0 Å². The molecule has 5 nitrogen and oxygen atoms in total. The number of hydrogen-bond donors (Lipinski definition) is 2. The van der Waals surface area contributed by atoms with Crippen LogP contribution in [0.2, 0.25) is 0 Å². The minimum atomic E-state index is -5.69. The Bertz CT molecular complexity index is 1370. The molecule has 2 aromatic carbocycles. The van der Waals surface area contributed by atoms with Gasteiger partial charge in [0.05, 0.1) is 11.5 Å². The number of sulfone groups is 1. The van der Waals surface area contributed by atoms with Gasteiger partial charge in [-0.25, -0.2) is 12.8 Å². The number of benzene rings is 2. The molecule has 0 fully saturated rings. The number of allylic oxidation sites excluding steroid dienone is 2. The maximum Gasteiger partial charge on any atom is 0.453 e. The van der Waals surface area contributed by atoms with Gasteiger partial charge in [0.2, 0.25) is 0 Å². The second-order valence-electron chi connectivity index (χ2n) is 11.2. The lowest BCUT2D eigenvalue weighted by molar-refractivity contribution is -0.284. The van der Waals surface area contributed by atoms with Gasteiger partial charge in [0.15, 0.2) is 11.6 Å². The third kappa shape index (κ3) is 10.2. The van der Waals surface area contributed by atoms with E-state index in [0.717, 1.165) is 72.8 Å². The minimum Gasteiger partial charge on any atom is -0.508 e.